The first-order chi connectivity index (χ1) is 7.43. The Morgan fingerprint density at radius 1 is 0.875 bits per heavy atom. The van der Waals surface area contributed by atoms with E-state index in [4.69, 9.17) is 0 Å². The summed E-state index contributed by atoms with van der Waals surface area (Å²) in [6.07, 6.45) is 8.55. The Morgan fingerprint density at radius 3 is 2.19 bits per heavy atom. The second-order valence-electron chi connectivity index (χ2n) is 4.17. The van der Waals surface area contributed by atoms with Crippen molar-refractivity contribution in [1.29, 1.82) is 0 Å². The van der Waals surface area contributed by atoms with E-state index in [1.165, 1.54) is 43.8 Å². The van der Waals surface area contributed by atoms with Crippen molar-refractivity contribution in [2.45, 2.75) is 50.7 Å². The zero-order valence-electron chi connectivity index (χ0n) is 10.3. The van der Waals surface area contributed by atoms with E-state index in [0.29, 0.717) is 15.2 Å². The molecule has 0 heterocycles. The van der Waals surface area contributed by atoms with E-state index in [9.17, 15) is 0 Å². The van der Waals surface area contributed by atoms with E-state index in [-0.39, 0.29) is 12.4 Å². The van der Waals surface area contributed by atoms with Gasteiger partial charge in [0.15, 0.2) is 0 Å². The normalized spacial score (nSPS) is 9.56. The molecule has 1 aromatic carbocycles. The summed E-state index contributed by atoms with van der Waals surface area (Å²) in [5.41, 5.74) is 0. The van der Waals surface area contributed by atoms with Crippen molar-refractivity contribution < 1.29 is 0 Å². The van der Waals surface area contributed by atoms with E-state index < -0.39 is 0 Å². The van der Waals surface area contributed by atoms with Gasteiger partial charge in [0.1, 0.15) is 0 Å². The van der Waals surface area contributed by atoms with Crippen LogP contribution in [0.3, 0.4) is 0 Å². The zero-order valence-corrected chi connectivity index (χ0v) is 12.3. The minimum Gasteiger partial charge on any atom is -0.147 e. The maximum absolute atomic E-state index is 2.28. The fourth-order valence-electron chi connectivity index (χ4n) is 1.78. The van der Waals surface area contributed by atoms with Gasteiger partial charge in [-0.15, -0.1) is 16.8 Å². The van der Waals surface area contributed by atoms with Crippen molar-refractivity contribution in [2.75, 3.05) is 0 Å². The summed E-state index contributed by atoms with van der Waals surface area (Å²) in [5, 5.41) is 1.44. The first-order valence-corrected chi connectivity index (χ1v) is 7.71. The molecule has 1 rings (SSSR count). The van der Waals surface area contributed by atoms with Crippen LogP contribution in [-0.2, 0) is 0 Å². The average Bonchev–Trinajstić information content (AvgIpc) is 2.29. The lowest BCUT2D eigenvalue weighted by Crippen LogP contribution is -2.12. The molecule has 0 fully saturated rings. The monoisotopic (exact) mass is 253 g/mol. The van der Waals surface area contributed by atoms with Crippen LogP contribution in [0.2, 0.25) is 5.28 Å². The fourth-order valence-corrected chi connectivity index (χ4v) is 3.10. The molecule has 0 aliphatic rings. The van der Waals surface area contributed by atoms with Gasteiger partial charge >= 0.3 is 0 Å². The zero-order chi connectivity index (χ0) is 10.8. The van der Waals surface area contributed by atoms with Crippen LogP contribution >= 0.6 is 12.4 Å². The van der Waals surface area contributed by atoms with Gasteiger partial charge in [-0.3, -0.25) is 0 Å². The highest BCUT2D eigenvalue weighted by atomic mass is 35.5. The number of halogens is 1. The van der Waals surface area contributed by atoms with Crippen LogP contribution in [0.1, 0.15) is 45.4 Å². The Morgan fingerprint density at radius 2 is 1.50 bits per heavy atom. The molecule has 0 atom stereocenters. The summed E-state index contributed by atoms with van der Waals surface area (Å²) < 4.78 is 1.58. The van der Waals surface area contributed by atoms with E-state index in [1.54, 1.807) is 4.43 Å². The van der Waals surface area contributed by atoms with Gasteiger partial charge < -0.3 is 0 Å². The molecule has 1 aromatic rings. The SMILES string of the molecule is CCCCCCC[CH2][Al][c]1ccccc1.Cl. The largest absolute Gasteiger partial charge is 0.250 e. The van der Waals surface area contributed by atoms with E-state index in [2.05, 4.69) is 37.3 Å². The van der Waals surface area contributed by atoms with Gasteiger partial charge in [0.05, 0.1) is 0 Å². The molecule has 0 unspecified atom stereocenters. The highest BCUT2D eigenvalue weighted by Gasteiger charge is 1.95. The molecule has 0 aromatic heterocycles. The highest BCUT2D eigenvalue weighted by molar-refractivity contribution is 6.53. The lowest BCUT2D eigenvalue weighted by Gasteiger charge is -2.00. The molecule has 0 aliphatic heterocycles. The summed E-state index contributed by atoms with van der Waals surface area (Å²) in [6, 6.07) is 11.0. The van der Waals surface area contributed by atoms with E-state index in [0.717, 1.165) is 0 Å². The van der Waals surface area contributed by atoms with Crippen LogP contribution in [0, 0.1) is 0 Å². The maximum Gasteiger partial charge on any atom is 0.250 e. The molecule has 0 saturated carbocycles. The van der Waals surface area contributed by atoms with Gasteiger partial charge in [-0.05, 0) is 0 Å². The Hall–Kier alpha value is 0.0425. The summed E-state index contributed by atoms with van der Waals surface area (Å²) >= 11 is 0.533. The van der Waals surface area contributed by atoms with Crippen molar-refractivity contribution >= 4 is 32.1 Å². The van der Waals surface area contributed by atoms with Crippen LogP contribution in [0.4, 0.5) is 0 Å². The molecular weight excluding hydrogens is 231 g/mol. The number of rotatable bonds is 8. The molecule has 2 heteroatoms. The van der Waals surface area contributed by atoms with Crippen molar-refractivity contribution in [1.82, 2.24) is 0 Å². The summed E-state index contributed by atoms with van der Waals surface area (Å²) in [7, 11) is 0. The molecule has 16 heavy (non-hydrogen) atoms. The number of hydrogen-bond donors (Lipinski definition) is 0. The van der Waals surface area contributed by atoms with Crippen LogP contribution in [0.15, 0.2) is 30.3 Å². The summed E-state index contributed by atoms with van der Waals surface area (Å²) in [6.45, 7) is 2.28. The molecule has 89 valence electrons. The lowest BCUT2D eigenvalue weighted by molar-refractivity contribution is 0.624. The third kappa shape index (κ3) is 8.22. The highest BCUT2D eigenvalue weighted by Crippen LogP contribution is 2.06. The Balaban J connectivity index is 0.00000225. The predicted octanol–water partition coefficient (Wildman–Crippen LogP) is 4.22. The first kappa shape index (κ1) is 16.0. The molecule has 1 radical (unpaired) electrons. The average molecular weight is 254 g/mol. The van der Waals surface area contributed by atoms with Crippen molar-refractivity contribution in [3.8, 4) is 0 Å². The van der Waals surface area contributed by atoms with Crippen LogP contribution in [-0.4, -0.2) is 15.2 Å². The Bertz CT molecular complexity index is 236. The van der Waals surface area contributed by atoms with Crippen LogP contribution in [0.25, 0.3) is 0 Å². The molecule has 0 saturated heterocycles. The minimum absolute atomic E-state index is 0. The maximum atomic E-state index is 2.28. The fraction of sp³-hybridized carbons (Fsp3) is 0.571. The third-order valence-corrected chi connectivity index (χ3v) is 4.29. The van der Waals surface area contributed by atoms with E-state index in [1.807, 2.05) is 0 Å². The molecule has 0 N–H and O–H groups in total. The first-order valence-electron chi connectivity index (χ1n) is 6.31. The smallest absolute Gasteiger partial charge is 0.147 e. The minimum atomic E-state index is 0. The lowest BCUT2D eigenvalue weighted by atomic mass is 10.1. The molecule has 0 aliphatic carbocycles. The van der Waals surface area contributed by atoms with Crippen LogP contribution in [0.5, 0.6) is 0 Å². The van der Waals surface area contributed by atoms with Gasteiger partial charge in [-0.2, -0.15) is 0 Å². The van der Waals surface area contributed by atoms with E-state index >= 15 is 0 Å². The van der Waals surface area contributed by atoms with Gasteiger partial charge in [-0.25, -0.2) is 0 Å². The van der Waals surface area contributed by atoms with Crippen LogP contribution < -0.4 is 4.43 Å². The Labute approximate surface area is 113 Å². The Kier molecular flexibility index (Phi) is 11.6. The summed E-state index contributed by atoms with van der Waals surface area (Å²) in [5.74, 6) is 0. The number of benzene rings is 1. The predicted molar refractivity (Wildman–Crippen MR) is 77.3 cm³/mol. The van der Waals surface area contributed by atoms with Gasteiger partial charge in [0.25, 0.3) is 0 Å². The number of hydrogen-bond acceptors (Lipinski definition) is 0. The second kappa shape index (κ2) is 11.5. The topological polar surface area (TPSA) is 0 Å². The standard InChI is InChI=1S/C8H17.C6H5.Al.ClH/c1-3-5-7-8-6-4-2;1-2-4-6-5-3-1;;/h1,3-8H2,2H3;1-5H;;1H. The quantitative estimate of drug-likeness (QED) is 0.481. The second-order valence-corrected chi connectivity index (χ2v) is 5.82. The number of unbranched alkanes of at least 4 members (excludes halogenated alkanes) is 5. The van der Waals surface area contributed by atoms with Gasteiger partial charge in [-0.1, -0.05) is 81.1 Å². The third-order valence-electron chi connectivity index (χ3n) is 2.74. The van der Waals surface area contributed by atoms with Gasteiger partial charge in [0.2, 0.25) is 15.2 Å². The van der Waals surface area contributed by atoms with Crippen molar-refractivity contribution in [3.63, 3.8) is 0 Å². The summed E-state index contributed by atoms with van der Waals surface area (Å²) in [4.78, 5) is 0. The molecule has 0 bridgehead atoms. The molecule has 0 nitrogen and oxygen atoms in total. The van der Waals surface area contributed by atoms with Gasteiger partial charge in [0, 0.05) is 0 Å². The molecule has 0 spiro atoms. The molecule has 0 amide bonds. The molecular formula is C14H23AlCl. The van der Waals surface area contributed by atoms with Crippen molar-refractivity contribution in [3.05, 3.63) is 30.3 Å². The van der Waals surface area contributed by atoms with Crippen molar-refractivity contribution in [2.24, 2.45) is 0 Å².